The van der Waals surface area contributed by atoms with Gasteiger partial charge in [0.2, 0.25) is 5.95 Å². The minimum atomic E-state index is -1.08. The zero-order valence-electron chi connectivity index (χ0n) is 18.6. The molecule has 0 amide bonds. The summed E-state index contributed by atoms with van der Waals surface area (Å²) in [5.74, 6) is 3.37. The molecule has 4 aliphatic rings. The van der Waals surface area contributed by atoms with E-state index in [4.69, 9.17) is 16.6 Å². The van der Waals surface area contributed by atoms with Gasteiger partial charge in [0.05, 0.1) is 39.1 Å². The number of aliphatic hydroxyl groups excluding tert-OH is 1. The Morgan fingerprint density at radius 1 is 1.09 bits per heavy atom. The second-order valence-electron chi connectivity index (χ2n) is 10.2. The number of rotatable bonds is 4. The molecule has 1 spiro atoms. The molecule has 6 rings (SSSR count). The molecule has 0 aromatic carbocycles. The number of fused-ring (bicyclic) bond motifs is 1. The van der Waals surface area contributed by atoms with E-state index in [0.29, 0.717) is 33.5 Å². The van der Waals surface area contributed by atoms with Crippen LogP contribution in [0.15, 0.2) is 23.5 Å². The van der Waals surface area contributed by atoms with Crippen LogP contribution in [0.1, 0.15) is 56.7 Å². The lowest BCUT2D eigenvalue weighted by atomic mass is 9.66. The Labute approximate surface area is 201 Å². The van der Waals surface area contributed by atoms with Crippen LogP contribution in [0, 0.1) is 5.41 Å². The molecular weight excluding hydrogens is 460 g/mol. The standard InChI is InChI=1S/C23H29ClN6O2S/c24-17-10-25-19(26-11-17)16-2-6-22(7-3-16)13-29(14-22)21-27-12-18-20(28-21)30(8-9-33(18)32)23(15-31)4-1-5-23/h10-12,16,31H,1-9,13-15H2. The summed E-state index contributed by atoms with van der Waals surface area (Å²) < 4.78 is 12.6. The van der Waals surface area contributed by atoms with E-state index in [2.05, 4.69) is 24.8 Å². The van der Waals surface area contributed by atoms with Crippen molar-refractivity contribution in [3.05, 3.63) is 29.4 Å². The minimum absolute atomic E-state index is 0.115. The molecule has 33 heavy (non-hydrogen) atoms. The van der Waals surface area contributed by atoms with Crippen molar-refractivity contribution in [3.63, 3.8) is 0 Å². The van der Waals surface area contributed by atoms with E-state index in [0.717, 1.165) is 75.6 Å². The Balaban J connectivity index is 1.16. The van der Waals surface area contributed by atoms with Crippen molar-refractivity contribution in [1.29, 1.82) is 0 Å². The van der Waals surface area contributed by atoms with Crippen LogP contribution in [0.3, 0.4) is 0 Å². The van der Waals surface area contributed by atoms with Crippen LogP contribution in [0.4, 0.5) is 11.8 Å². The molecule has 4 heterocycles. The van der Waals surface area contributed by atoms with Gasteiger partial charge in [0.25, 0.3) is 0 Å². The molecule has 0 bridgehead atoms. The zero-order chi connectivity index (χ0) is 22.6. The third-order valence-electron chi connectivity index (χ3n) is 8.26. The van der Waals surface area contributed by atoms with Crippen LogP contribution in [0.2, 0.25) is 5.02 Å². The van der Waals surface area contributed by atoms with Crippen molar-refractivity contribution >= 4 is 34.2 Å². The van der Waals surface area contributed by atoms with Gasteiger partial charge in [-0.15, -0.1) is 0 Å². The number of hydrogen-bond acceptors (Lipinski definition) is 8. The Kier molecular flexibility index (Phi) is 5.34. The number of aromatic nitrogens is 4. The first-order chi connectivity index (χ1) is 16.0. The van der Waals surface area contributed by atoms with Crippen molar-refractivity contribution in [2.45, 2.75) is 61.3 Å². The summed E-state index contributed by atoms with van der Waals surface area (Å²) in [5.41, 5.74) is 0.0638. The van der Waals surface area contributed by atoms with E-state index in [1.54, 1.807) is 18.6 Å². The maximum absolute atomic E-state index is 12.6. The topological polar surface area (TPSA) is 95.3 Å². The molecule has 1 saturated heterocycles. The van der Waals surface area contributed by atoms with Crippen LogP contribution in [-0.2, 0) is 10.8 Å². The average Bonchev–Trinajstić information content (AvgIpc) is 2.79. The molecule has 2 aromatic heterocycles. The largest absolute Gasteiger partial charge is 0.394 e. The smallest absolute Gasteiger partial charge is 0.227 e. The third kappa shape index (κ3) is 3.63. The summed E-state index contributed by atoms with van der Waals surface area (Å²) in [6, 6.07) is 0. The Hall–Kier alpha value is -1.84. The van der Waals surface area contributed by atoms with E-state index in [-0.39, 0.29) is 12.1 Å². The van der Waals surface area contributed by atoms with E-state index in [1.165, 1.54) is 0 Å². The summed E-state index contributed by atoms with van der Waals surface area (Å²) >= 11 is 5.93. The lowest BCUT2D eigenvalue weighted by Gasteiger charge is -2.54. The highest BCUT2D eigenvalue weighted by Gasteiger charge is 2.48. The normalized spacial score (nSPS) is 25.9. The van der Waals surface area contributed by atoms with Crippen LogP contribution < -0.4 is 9.80 Å². The number of aliphatic hydroxyl groups is 1. The minimum Gasteiger partial charge on any atom is -0.394 e. The zero-order valence-corrected chi connectivity index (χ0v) is 20.2. The Morgan fingerprint density at radius 3 is 2.45 bits per heavy atom. The lowest BCUT2D eigenvalue weighted by molar-refractivity contribution is 0.115. The van der Waals surface area contributed by atoms with Crippen molar-refractivity contribution < 1.29 is 9.32 Å². The second kappa shape index (κ2) is 8.13. The number of anilines is 2. The fourth-order valence-corrected chi connectivity index (χ4v) is 7.25. The van der Waals surface area contributed by atoms with Crippen molar-refractivity contribution in [2.24, 2.45) is 5.41 Å². The second-order valence-corrected chi connectivity index (χ2v) is 12.2. The molecule has 10 heteroatoms. The van der Waals surface area contributed by atoms with Gasteiger partial charge in [-0.05, 0) is 44.9 Å². The van der Waals surface area contributed by atoms with Gasteiger partial charge in [0, 0.05) is 49.1 Å². The van der Waals surface area contributed by atoms with E-state index in [1.807, 2.05) is 0 Å². The van der Waals surface area contributed by atoms with Gasteiger partial charge in [0.1, 0.15) is 5.82 Å². The monoisotopic (exact) mass is 488 g/mol. The summed E-state index contributed by atoms with van der Waals surface area (Å²) in [6.45, 7) is 2.70. The number of halogens is 1. The summed E-state index contributed by atoms with van der Waals surface area (Å²) in [6.07, 6.45) is 12.6. The Morgan fingerprint density at radius 2 is 1.82 bits per heavy atom. The average molecular weight is 489 g/mol. The third-order valence-corrected chi connectivity index (χ3v) is 9.79. The highest BCUT2D eigenvalue weighted by molar-refractivity contribution is 7.85. The maximum atomic E-state index is 12.6. The van der Waals surface area contributed by atoms with Crippen LogP contribution in [-0.4, -0.2) is 66.8 Å². The van der Waals surface area contributed by atoms with Gasteiger partial charge >= 0.3 is 0 Å². The van der Waals surface area contributed by atoms with Crippen molar-refractivity contribution in [1.82, 2.24) is 19.9 Å². The summed E-state index contributed by atoms with van der Waals surface area (Å²) in [7, 11) is -1.08. The first-order valence-electron chi connectivity index (χ1n) is 11.9. The van der Waals surface area contributed by atoms with Crippen LogP contribution >= 0.6 is 11.6 Å². The van der Waals surface area contributed by atoms with Crippen molar-refractivity contribution in [2.75, 3.05) is 41.8 Å². The summed E-state index contributed by atoms with van der Waals surface area (Å²) in [5, 5.41) is 10.7. The molecule has 2 aliphatic carbocycles. The van der Waals surface area contributed by atoms with Gasteiger partial charge < -0.3 is 14.9 Å². The Bertz CT molecular complexity index is 1060. The van der Waals surface area contributed by atoms with Gasteiger partial charge in [-0.1, -0.05) is 11.6 Å². The van der Waals surface area contributed by atoms with Crippen molar-refractivity contribution in [3.8, 4) is 0 Å². The molecule has 2 aliphatic heterocycles. The van der Waals surface area contributed by atoms with Crippen LogP contribution in [0.5, 0.6) is 0 Å². The molecule has 3 fully saturated rings. The van der Waals surface area contributed by atoms with Gasteiger partial charge in [-0.25, -0.2) is 15.0 Å². The fraction of sp³-hybridized carbons (Fsp3) is 0.652. The highest BCUT2D eigenvalue weighted by Crippen LogP contribution is 2.49. The molecule has 1 atom stereocenters. The molecule has 2 saturated carbocycles. The molecule has 176 valence electrons. The van der Waals surface area contributed by atoms with E-state index < -0.39 is 10.8 Å². The first kappa shape index (κ1) is 21.7. The SMILES string of the molecule is O=S1CCN(C2(CO)CCC2)c2nc(N3CC4(CCC(c5ncc(Cl)cn5)CC4)C3)ncc21. The van der Waals surface area contributed by atoms with E-state index in [9.17, 15) is 9.32 Å². The fourth-order valence-electron chi connectivity index (χ4n) is 6.05. The number of hydrogen-bond donors (Lipinski definition) is 1. The van der Waals surface area contributed by atoms with Gasteiger partial charge in [-0.2, -0.15) is 4.98 Å². The molecule has 1 N–H and O–H groups in total. The van der Waals surface area contributed by atoms with Gasteiger partial charge in [-0.3, -0.25) is 4.21 Å². The predicted octanol–water partition coefficient (Wildman–Crippen LogP) is 2.93. The molecule has 0 radical (unpaired) electrons. The highest BCUT2D eigenvalue weighted by atomic mass is 35.5. The molecule has 8 nitrogen and oxygen atoms in total. The maximum Gasteiger partial charge on any atom is 0.227 e. The van der Waals surface area contributed by atoms with E-state index >= 15 is 0 Å². The van der Waals surface area contributed by atoms with Crippen LogP contribution in [0.25, 0.3) is 0 Å². The summed E-state index contributed by atoms with van der Waals surface area (Å²) in [4.78, 5) is 23.5. The molecular formula is C23H29ClN6O2S. The molecule has 2 aromatic rings. The first-order valence-corrected chi connectivity index (χ1v) is 13.6. The molecule has 1 unspecified atom stereocenters. The number of nitrogens with zero attached hydrogens (tertiary/aromatic N) is 6. The quantitative estimate of drug-likeness (QED) is 0.701. The lowest BCUT2D eigenvalue weighted by Crippen LogP contribution is -2.60. The predicted molar refractivity (Wildman–Crippen MR) is 127 cm³/mol. The van der Waals surface area contributed by atoms with Gasteiger partial charge in [0.15, 0.2) is 5.82 Å².